The maximum atomic E-state index is 11.6. The Morgan fingerprint density at radius 3 is 2.29 bits per heavy atom. The van der Waals surface area contributed by atoms with E-state index in [2.05, 4.69) is 29.0 Å². The van der Waals surface area contributed by atoms with Gasteiger partial charge in [0.2, 0.25) is 0 Å². The molecule has 0 bridgehead atoms. The Balaban J connectivity index is 2.14. The highest BCUT2D eigenvalue weighted by Gasteiger charge is 2.05. The Bertz CT molecular complexity index is 624. The van der Waals surface area contributed by atoms with E-state index in [9.17, 15) is 5.21 Å². The van der Waals surface area contributed by atoms with Crippen molar-refractivity contribution in [3.8, 4) is 0 Å². The van der Waals surface area contributed by atoms with Gasteiger partial charge in [0.25, 0.3) is 0 Å². The fourth-order valence-corrected chi connectivity index (χ4v) is 2.11. The zero-order valence-electron chi connectivity index (χ0n) is 12.0. The summed E-state index contributed by atoms with van der Waals surface area (Å²) in [5.74, 6) is 0.201. The Morgan fingerprint density at radius 2 is 1.71 bits per heavy atom. The monoisotopic (exact) mass is 304 g/mol. The third-order valence-electron chi connectivity index (χ3n) is 3.10. The van der Waals surface area contributed by atoms with E-state index in [1.54, 1.807) is 6.07 Å². The van der Waals surface area contributed by atoms with Gasteiger partial charge in [-0.25, -0.2) is 4.73 Å². The lowest BCUT2D eigenvalue weighted by Crippen LogP contribution is -2.25. The summed E-state index contributed by atoms with van der Waals surface area (Å²) >= 11 is 5.71. The molecule has 0 aliphatic carbocycles. The number of hydrogen-bond acceptors (Lipinski definition) is 4. The number of hydrogen-bond donors (Lipinski definition) is 0. The molecule has 0 fully saturated rings. The van der Waals surface area contributed by atoms with Gasteiger partial charge < -0.3 is 10.1 Å². The number of anilines is 1. The van der Waals surface area contributed by atoms with E-state index >= 15 is 0 Å². The van der Waals surface area contributed by atoms with E-state index in [-0.39, 0.29) is 5.82 Å². The minimum Gasteiger partial charge on any atom is -0.710 e. The third-order valence-corrected chi connectivity index (χ3v) is 3.33. The van der Waals surface area contributed by atoms with Crippen molar-refractivity contribution in [2.75, 3.05) is 18.0 Å². The number of pyridine rings is 1. The van der Waals surface area contributed by atoms with E-state index in [1.165, 1.54) is 12.3 Å². The molecule has 1 aromatic carbocycles. The number of rotatable bonds is 5. The van der Waals surface area contributed by atoms with Gasteiger partial charge in [-0.2, -0.15) is 0 Å². The van der Waals surface area contributed by atoms with Crippen LogP contribution in [0.4, 0.5) is 17.2 Å². The summed E-state index contributed by atoms with van der Waals surface area (Å²) in [6.45, 7) is 6.14. The molecule has 0 N–H and O–H groups in total. The summed E-state index contributed by atoms with van der Waals surface area (Å²) < 4.78 is 0.593. The van der Waals surface area contributed by atoms with E-state index in [0.29, 0.717) is 15.4 Å². The number of benzene rings is 1. The molecule has 0 radical (unpaired) electrons. The highest BCUT2D eigenvalue weighted by atomic mass is 35.5. The van der Waals surface area contributed by atoms with Gasteiger partial charge >= 0.3 is 5.82 Å². The average Bonchev–Trinajstić information content (AvgIpc) is 2.49. The van der Waals surface area contributed by atoms with Gasteiger partial charge in [-0.15, -0.1) is 0 Å². The van der Waals surface area contributed by atoms with Crippen LogP contribution in [-0.4, -0.2) is 13.1 Å². The van der Waals surface area contributed by atoms with E-state index in [0.717, 1.165) is 18.8 Å². The smallest absolute Gasteiger partial charge is 0.353 e. The second-order valence-corrected chi connectivity index (χ2v) is 4.86. The predicted molar refractivity (Wildman–Crippen MR) is 84.6 cm³/mol. The number of nitrogens with zero attached hydrogens (tertiary/aromatic N) is 4. The first-order valence-electron chi connectivity index (χ1n) is 6.79. The van der Waals surface area contributed by atoms with Crippen molar-refractivity contribution in [3.05, 3.63) is 52.8 Å². The maximum absolute atomic E-state index is 11.6. The van der Waals surface area contributed by atoms with Gasteiger partial charge in [0.1, 0.15) is 11.9 Å². The number of azo groups is 1. The molecule has 0 spiro atoms. The fraction of sp³-hybridized carbons (Fsp3) is 0.267. The molecule has 5 nitrogen and oxygen atoms in total. The van der Waals surface area contributed by atoms with Crippen LogP contribution in [0, 0.1) is 5.21 Å². The SMILES string of the molecule is CCN(CC)c1ccc(N=Nc2ccc(Cl)c[n+]2[O-])cc1. The number of aromatic nitrogens is 1. The highest BCUT2D eigenvalue weighted by molar-refractivity contribution is 6.30. The molecule has 0 unspecified atom stereocenters. The molecule has 0 saturated heterocycles. The largest absolute Gasteiger partial charge is 0.710 e. The minimum atomic E-state index is 0.201. The third kappa shape index (κ3) is 3.92. The topological polar surface area (TPSA) is 54.9 Å². The zero-order valence-corrected chi connectivity index (χ0v) is 12.8. The molecule has 2 aromatic rings. The highest BCUT2D eigenvalue weighted by Crippen LogP contribution is 2.21. The average molecular weight is 305 g/mol. The summed E-state index contributed by atoms with van der Waals surface area (Å²) in [4.78, 5) is 2.24. The van der Waals surface area contributed by atoms with Crippen molar-refractivity contribution in [2.45, 2.75) is 13.8 Å². The molecule has 0 amide bonds. The van der Waals surface area contributed by atoms with Gasteiger partial charge in [0.05, 0.1) is 10.1 Å². The van der Waals surface area contributed by atoms with Gasteiger partial charge in [0, 0.05) is 24.8 Å². The van der Waals surface area contributed by atoms with Crippen LogP contribution >= 0.6 is 11.6 Å². The van der Waals surface area contributed by atoms with Crippen LogP contribution in [0.25, 0.3) is 0 Å². The van der Waals surface area contributed by atoms with Crippen molar-refractivity contribution < 1.29 is 4.73 Å². The van der Waals surface area contributed by atoms with Gasteiger partial charge in [-0.3, -0.25) is 0 Å². The minimum absolute atomic E-state index is 0.201. The Labute approximate surface area is 129 Å². The van der Waals surface area contributed by atoms with Crippen LogP contribution in [0.5, 0.6) is 0 Å². The molecule has 0 aliphatic rings. The lowest BCUT2D eigenvalue weighted by atomic mass is 10.2. The van der Waals surface area contributed by atoms with Crippen LogP contribution in [0.1, 0.15) is 13.8 Å². The lowest BCUT2D eigenvalue weighted by molar-refractivity contribution is -0.591. The van der Waals surface area contributed by atoms with Crippen molar-refractivity contribution in [3.63, 3.8) is 0 Å². The van der Waals surface area contributed by atoms with Crippen LogP contribution in [0.3, 0.4) is 0 Å². The molecule has 0 atom stereocenters. The first-order chi connectivity index (χ1) is 10.1. The second-order valence-electron chi connectivity index (χ2n) is 4.42. The van der Waals surface area contributed by atoms with Gasteiger partial charge in [-0.05, 0) is 49.3 Å². The van der Waals surface area contributed by atoms with Crippen LogP contribution in [0.15, 0.2) is 52.8 Å². The molecule has 1 aromatic heterocycles. The summed E-state index contributed by atoms with van der Waals surface area (Å²) in [5.41, 5.74) is 1.84. The molecular formula is C15H17ClN4O. The first kappa shape index (κ1) is 15.3. The Kier molecular flexibility index (Phi) is 5.11. The lowest BCUT2D eigenvalue weighted by Gasteiger charge is -2.20. The van der Waals surface area contributed by atoms with Crippen LogP contribution < -0.4 is 9.63 Å². The van der Waals surface area contributed by atoms with Crippen molar-refractivity contribution in [2.24, 2.45) is 10.2 Å². The normalized spacial score (nSPS) is 11.0. The molecule has 110 valence electrons. The van der Waals surface area contributed by atoms with E-state index < -0.39 is 0 Å². The van der Waals surface area contributed by atoms with Crippen molar-refractivity contribution >= 4 is 28.8 Å². The summed E-state index contributed by atoms with van der Waals surface area (Å²) in [5, 5.41) is 19.9. The van der Waals surface area contributed by atoms with Crippen LogP contribution in [-0.2, 0) is 0 Å². The van der Waals surface area contributed by atoms with Crippen LogP contribution in [0.2, 0.25) is 5.02 Å². The zero-order chi connectivity index (χ0) is 15.2. The fourth-order valence-electron chi connectivity index (χ4n) is 1.95. The molecule has 21 heavy (non-hydrogen) atoms. The quantitative estimate of drug-likeness (QED) is 0.471. The van der Waals surface area contributed by atoms with Crippen molar-refractivity contribution in [1.29, 1.82) is 0 Å². The summed E-state index contributed by atoms with van der Waals surface area (Å²) in [6.07, 6.45) is 1.25. The molecule has 0 saturated carbocycles. The first-order valence-corrected chi connectivity index (χ1v) is 7.17. The molecule has 6 heteroatoms. The predicted octanol–water partition coefficient (Wildman–Crippen LogP) is 4.24. The summed E-state index contributed by atoms with van der Waals surface area (Å²) in [7, 11) is 0. The van der Waals surface area contributed by atoms with E-state index in [4.69, 9.17) is 11.6 Å². The molecule has 2 rings (SSSR count). The molecule has 1 heterocycles. The standard InChI is InChI=1S/C15H17ClN4O/c1-3-19(4-2)14-8-6-13(7-9-14)17-18-15-10-5-12(16)11-20(15)21/h5-11H,3-4H2,1-2H3. The van der Waals surface area contributed by atoms with Gasteiger partial charge in [-0.1, -0.05) is 11.6 Å². The van der Waals surface area contributed by atoms with E-state index in [1.807, 2.05) is 24.3 Å². The Morgan fingerprint density at radius 1 is 1.05 bits per heavy atom. The maximum Gasteiger partial charge on any atom is 0.353 e. The Hall–Kier alpha value is -2.14. The van der Waals surface area contributed by atoms with Gasteiger partial charge in [0.15, 0.2) is 0 Å². The molecule has 0 aliphatic heterocycles. The summed E-state index contributed by atoms with van der Waals surface area (Å²) in [6, 6.07) is 10.9. The molecular weight excluding hydrogens is 288 g/mol. The second kappa shape index (κ2) is 7.04. The number of halogens is 1. The van der Waals surface area contributed by atoms with Crippen molar-refractivity contribution in [1.82, 2.24) is 0 Å².